The molecule has 1 aliphatic rings. The summed E-state index contributed by atoms with van der Waals surface area (Å²) >= 11 is 2.30. The van der Waals surface area contributed by atoms with E-state index in [0.29, 0.717) is 5.92 Å². The highest BCUT2D eigenvalue weighted by molar-refractivity contribution is 14.1. The van der Waals surface area contributed by atoms with Crippen molar-refractivity contribution in [3.8, 4) is 5.75 Å². The number of hydrogen-bond acceptors (Lipinski definition) is 2. The fourth-order valence-corrected chi connectivity index (χ4v) is 2.17. The second-order valence-electron chi connectivity index (χ2n) is 3.98. The highest BCUT2D eigenvalue weighted by Crippen LogP contribution is 2.16. The minimum atomic E-state index is 0. The smallest absolute Gasteiger partial charge is 0.119 e. The van der Waals surface area contributed by atoms with Crippen LogP contribution in [0.15, 0.2) is 24.3 Å². The van der Waals surface area contributed by atoms with Gasteiger partial charge in [0.1, 0.15) is 5.75 Å². The Labute approximate surface area is 117 Å². The van der Waals surface area contributed by atoms with Crippen molar-refractivity contribution < 1.29 is 4.74 Å². The Kier molecular flexibility index (Phi) is 6.46. The fraction of sp³-hybridized carbons (Fsp3) is 0.500. The van der Waals surface area contributed by atoms with Gasteiger partial charge in [-0.2, -0.15) is 0 Å². The Hall–Kier alpha value is 0. The number of piperidine rings is 1. The number of hydrogen-bond donors (Lipinski definition) is 1. The Morgan fingerprint density at radius 2 is 2.06 bits per heavy atom. The summed E-state index contributed by atoms with van der Waals surface area (Å²) in [6.07, 6.45) is 2.57. The third-order valence-corrected chi connectivity index (χ3v) is 3.42. The zero-order valence-corrected chi connectivity index (χ0v) is 12.1. The van der Waals surface area contributed by atoms with Gasteiger partial charge in [-0.1, -0.05) is 0 Å². The van der Waals surface area contributed by atoms with Crippen molar-refractivity contribution in [2.24, 2.45) is 5.92 Å². The largest absolute Gasteiger partial charge is 0.493 e. The minimum Gasteiger partial charge on any atom is -0.493 e. The van der Waals surface area contributed by atoms with E-state index in [9.17, 15) is 0 Å². The number of nitrogens with one attached hydrogen (secondary N) is 1. The Bertz CT molecular complexity index is 298. The molecule has 1 aromatic rings. The number of ether oxygens (including phenoxy) is 1. The summed E-state index contributed by atoms with van der Waals surface area (Å²) in [5, 5.41) is 3.40. The molecule has 1 saturated heterocycles. The molecule has 1 aromatic carbocycles. The van der Waals surface area contributed by atoms with Gasteiger partial charge in [-0.3, -0.25) is 0 Å². The molecular formula is C12H17ClINO. The Morgan fingerprint density at radius 3 is 2.69 bits per heavy atom. The molecule has 0 aromatic heterocycles. The average molecular weight is 354 g/mol. The average Bonchev–Trinajstić information content (AvgIpc) is 2.30. The standard InChI is InChI=1S/C12H16INO.ClH/c13-11-3-5-12(6-4-11)15-9-10-2-1-7-14-8-10;/h3-6,10,14H,1-2,7-9H2;1H. The van der Waals surface area contributed by atoms with Crippen molar-refractivity contribution in [3.05, 3.63) is 27.8 Å². The van der Waals surface area contributed by atoms with Crippen LogP contribution in [0.25, 0.3) is 0 Å². The van der Waals surface area contributed by atoms with Gasteiger partial charge < -0.3 is 10.1 Å². The van der Waals surface area contributed by atoms with E-state index in [1.165, 1.54) is 23.0 Å². The van der Waals surface area contributed by atoms with E-state index in [1.54, 1.807) is 0 Å². The molecule has 1 heterocycles. The van der Waals surface area contributed by atoms with E-state index >= 15 is 0 Å². The van der Waals surface area contributed by atoms with Crippen LogP contribution in [0.5, 0.6) is 5.75 Å². The van der Waals surface area contributed by atoms with Gasteiger partial charge in [-0.15, -0.1) is 12.4 Å². The van der Waals surface area contributed by atoms with Crippen molar-refractivity contribution in [3.63, 3.8) is 0 Å². The van der Waals surface area contributed by atoms with Crippen LogP contribution < -0.4 is 10.1 Å². The van der Waals surface area contributed by atoms with Crippen LogP contribution >= 0.6 is 35.0 Å². The lowest BCUT2D eigenvalue weighted by atomic mass is 10.0. The first kappa shape index (κ1) is 14.1. The summed E-state index contributed by atoms with van der Waals surface area (Å²) in [5.74, 6) is 1.67. The zero-order valence-electron chi connectivity index (χ0n) is 9.12. The lowest BCUT2D eigenvalue weighted by Crippen LogP contribution is -2.33. The summed E-state index contributed by atoms with van der Waals surface area (Å²) in [6, 6.07) is 8.24. The maximum Gasteiger partial charge on any atom is 0.119 e. The van der Waals surface area contributed by atoms with Gasteiger partial charge in [0.25, 0.3) is 0 Å². The third kappa shape index (κ3) is 4.47. The molecule has 0 saturated carbocycles. The van der Waals surface area contributed by atoms with E-state index in [4.69, 9.17) is 4.74 Å². The molecule has 0 aliphatic carbocycles. The van der Waals surface area contributed by atoms with Crippen LogP contribution in [0.3, 0.4) is 0 Å². The maximum absolute atomic E-state index is 5.76. The van der Waals surface area contributed by atoms with Gasteiger partial charge in [0, 0.05) is 16.0 Å². The number of rotatable bonds is 3. The molecule has 0 bridgehead atoms. The Balaban J connectivity index is 0.00000128. The first-order chi connectivity index (χ1) is 7.34. The molecule has 0 spiro atoms. The topological polar surface area (TPSA) is 21.3 Å². The van der Waals surface area contributed by atoms with Crippen molar-refractivity contribution >= 4 is 35.0 Å². The van der Waals surface area contributed by atoms with Crippen LogP contribution in [-0.4, -0.2) is 19.7 Å². The van der Waals surface area contributed by atoms with Crippen LogP contribution in [-0.2, 0) is 0 Å². The third-order valence-electron chi connectivity index (χ3n) is 2.70. The monoisotopic (exact) mass is 353 g/mol. The van der Waals surface area contributed by atoms with E-state index < -0.39 is 0 Å². The van der Waals surface area contributed by atoms with Crippen LogP contribution in [0.4, 0.5) is 0 Å². The van der Waals surface area contributed by atoms with Gasteiger partial charge in [-0.05, 0) is 66.2 Å². The normalized spacial score (nSPS) is 19.9. The second kappa shape index (κ2) is 7.35. The van der Waals surface area contributed by atoms with E-state index in [0.717, 1.165) is 18.9 Å². The van der Waals surface area contributed by atoms with Gasteiger partial charge in [0.15, 0.2) is 0 Å². The number of benzene rings is 1. The summed E-state index contributed by atoms with van der Waals surface area (Å²) in [5.41, 5.74) is 0. The molecular weight excluding hydrogens is 336 g/mol. The molecule has 0 radical (unpaired) electrons. The van der Waals surface area contributed by atoms with Gasteiger partial charge >= 0.3 is 0 Å². The van der Waals surface area contributed by atoms with Crippen molar-refractivity contribution in [1.82, 2.24) is 5.32 Å². The second-order valence-corrected chi connectivity index (χ2v) is 5.22. The van der Waals surface area contributed by atoms with E-state index in [1.807, 2.05) is 12.1 Å². The minimum absolute atomic E-state index is 0. The molecule has 1 atom stereocenters. The van der Waals surface area contributed by atoms with Crippen LogP contribution in [0, 0.1) is 9.49 Å². The van der Waals surface area contributed by atoms with Crippen molar-refractivity contribution in [2.45, 2.75) is 12.8 Å². The predicted octanol–water partition coefficient (Wildman–Crippen LogP) is 3.09. The first-order valence-corrected chi connectivity index (χ1v) is 6.51. The van der Waals surface area contributed by atoms with E-state index in [2.05, 4.69) is 40.0 Å². The molecule has 2 rings (SSSR count). The first-order valence-electron chi connectivity index (χ1n) is 5.44. The lowest BCUT2D eigenvalue weighted by Gasteiger charge is -2.22. The molecule has 90 valence electrons. The molecule has 16 heavy (non-hydrogen) atoms. The molecule has 4 heteroatoms. The van der Waals surface area contributed by atoms with Gasteiger partial charge in [-0.25, -0.2) is 0 Å². The SMILES string of the molecule is Cl.Ic1ccc(OCC2CCCNC2)cc1. The van der Waals surface area contributed by atoms with Gasteiger partial charge in [0.05, 0.1) is 6.61 Å². The van der Waals surface area contributed by atoms with E-state index in [-0.39, 0.29) is 12.4 Å². The summed E-state index contributed by atoms with van der Waals surface area (Å²) in [7, 11) is 0. The quantitative estimate of drug-likeness (QED) is 0.843. The lowest BCUT2D eigenvalue weighted by molar-refractivity contribution is 0.218. The number of halogens is 2. The highest BCUT2D eigenvalue weighted by Gasteiger charge is 2.13. The fourth-order valence-electron chi connectivity index (χ4n) is 1.81. The highest BCUT2D eigenvalue weighted by atomic mass is 127. The van der Waals surface area contributed by atoms with Gasteiger partial charge in [0.2, 0.25) is 0 Å². The zero-order chi connectivity index (χ0) is 10.5. The predicted molar refractivity (Wildman–Crippen MR) is 77.5 cm³/mol. The van der Waals surface area contributed by atoms with Crippen molar-refractivity contribution in [1.29, 1.82) is 0 Å². The molecule has 1 N–H and O–H groups in total. The summed E-state index contributed by atoms with van der Waals surface area (Å²) in [4.78, 5) is 0. The molecule has 1 fully saturated rings. The van der Waals surface area contributed by atoms with Crippen LogP contribution in [0.2, 0.25) is 0 Å². The van der Waals surface area contributed by atoms with Crippen LogP contribution in [0.1, 0.15) is 12.8 Å². The summed E-state index contributed by atoms with van der Waals surface area (Å²) < 4.78 is 7.01. The molecule has 1 aliphatic heterocycles. The Morgan fingerprint density at radius 1 is 1.31 bits per heavy atom. The molecule has 1 unspecified atom stereocenters. The summed E-state index contributed by atoms with van der Waals surface area (Å²) in [6.45, 7) is 3.11. The molecule has 0 amide bonds. The maximum atomic E-state index is 5.76. The molecule has 2 nitrogen and oxygen atoms in total. The van der Waals surface area contributed by atoms with Crippen molar-refractivity contribution in [2.75, 3.05) is 19.7 Å².